The number of anilines is 1. The van der Waals surface area contributed by atoms with Gasteiger partial charge in [0.05, 0.1) is 12.2 Å². The van der Waals surface area contributed by atoms with Crippen LogP contribution < -0.4 is 10.6 Å². The Hall–Kier alpha value is -2.01. The first-order valence-corrected chi connectivity index (χ1v) is 14.5. The van der Waals surface area contributed by atoms with Gasteiger partial charge in [-0.15, -0.1) is 0 Å². The molecule has 3 N–H and O–H groups in total. The lowest BCUT2D eigenvalue weighted by molar-refractivity contribution is -0.115. The summed E-state index contributed by atoms with van der Waals surface area (Å²) in [6, 6.07) is 5.13. The quantitative estimate of drug-likeness (QED) is 0.492. The molecule has 0 saturated carbocycles. The highest BCUT2D eigenvalue weighted by Crippen LogP contribution is 2.39. The molecule has 3 fully saturated rings. The van der Waals surface area contributed by atoms with E-state index in [9.17, 15) is 18.0 Å². The fraction of sp³-hybridized carbons (Fsp3) is 0.680. The standard InChI is InChI=1S/C25H36N4O5S/c30-11-1-8-28-9-6-17(7-10-28)16-35(33,34)29-21-3-4-22(29)15-20(14-21)26-25(32)18-2-5-23-19(12-18)13-24(31)27-23/h2,5,12,17,20-22,30H,1,3-4,6-11,13-16H2,(H,26,32)(H,27,31)/t20-,21-,22+. The van der Waals surface area contributed by atoms with Gasteiger partial charge in [-0.1, -0.05) is 0 Å². The van der Waals surface area contributed by atoms with E-state index in [0.717, 1.165) is 63.0 Å². The van der Waals surface area contributed by atoms with Crippen LogP contribution in [-0.4, -0.2) is 84.7 Å². The van der Waals surface area contributed by atoms with Crippen LogP contribution in [0, 0.1) is 5.92 Å². The van der Waals surface area contributed by atoms with Gasteiger partial charge in [0.1, 0.15) is 0 Å². The summed E-state index contributed by atoms with van der Waals surface area (Å²) in [6.07, 6.45) is 5.81. The summed E-state index contributed by atoms with van der Waals surface area (Å²) in [6.45, 7) is 2.86. The van der Waals surface area contributed by atoms with Crippen LogP contribution in [0.4, 0.5) is 5.69 Å². The number of fused-ring (bicyclic) bond motifs is 3. The van der Waals surface area contributed by atoms with E-state index in [1.54, 1.807) is 22.5 Å². The van der Waals surface area contributed by atoms with Crippen molar-refractivity contribution in [3.8, 4) is 0 Å². The molecule has 4 aliphatic rings. The van der Waals surface area contributed by atoms with Gasteiger partial charge < -0.3 is 20.6 Å². The SMILES string of the molecule is O=C1Cc2cc(C(=O)N[C@@H]3C[C@H]4CC[C@@H](C3)N4S(=O)(=O)CC3CCN(CCCO)CC3)ccc2N1. The molecule has 3 atom stereocenters. The number of aliphatic hydroxyl groups is 1. The maximum Gasteiger partial charge on any atom is 0.251 e. The lowest BCUT2D eigenvalue weighted by Gasteiger charge is -2.39. The Morgan fingerprint density at radius 1 is 1.11 bits per heavy atom. The van der Waals surface area contributed by atoms with Gasteiger partial charge in [0.2, 0.25) is 15.9 Å². The lowest BCUT2D eigenvalue weighted by atomic mass is 9.99. The Labute approximate surface area is 207 Å². The Kier molecular flexibility index (Phi) is 7.16. The van der Waals surface area contributed by atoms with Crippen molar-refractivity contribution in [2.24, 2.45) is 5.92 Å². The van der Waals surface area contributed by atoms with Gasteiger partial charge in [0.15, 0.2) is 0 Å². The Balaban J connectivity index is 1.16. The van der Waals surface area contributed by atoms with Crippen molar-refractivity contribution < 1.29 is 23.1 Å². The monoisotopic (exact) mass is 504 g/mol. The Morgan fingerprint density at radius 3 is 2.51 bits per heavy atom. The van der Waals surface area contributed by atoms with E-state index in [1.807, 2.05) is 0 Å². The summed E-state index contributed by atoms with van der Waals surface area (Å²) in [7, 11) is -3.35. The second-order valence-electron chi connectivity index (χ2n) is 10.6. The lowest BCUT2D eigenvalue weighted by Crippen LogP contribution is -2.53. The number of likely N-dealkylation sites (tertiary alicyclic amines) is 1. The van der Waals surface area contributed by atoms with Gasteiger partial charge in [0, 0.05) is 42.5 Å². The summed E-state index contributed by atoms with van der Waals surface area (Å²) < 4.78 is 28.6. The van der Waals surface area contributed by atoms with E-state index >= 15 is 0 Å². The van der Waals surface area contributed by atoms with Crippen molar-refractivity contribution in [1.29, 1.82) is 0 Å². The highest BCUT2D eigenvalue weighted by Gasteiger charge is 2.47. The van der Waals surface area contributed by atoms with Crippen LogP contribution in [0.2, 0.25) is 0 Å². The molecule has 192 valence electrons. The van der Waals surface area contributed by atoms with Crippen molar-refractivity contribution in [3.63, 3.8) is 0 Å². The van der Waals surface area contributed by atoms with Crippen LogP contribution in [-0.2, 0) is 21.2 Å². The topological polar surface area (TPSA) is 119 Å². The van der Waals surface area contributed by atoms with Gasteiger partial charge in [-0.3, -0.25) is 9.59 Å². The van der Waals surface area contributed by atoms with Gasteiger partial charge in [0.25, 0.3) is 5.91 Å². The predicted octanol–water partition coefficient (Wildman–Crippen LogP) is 1.33. The average Bonchev–Trinajstić information content (AvgIpc) is 3.34. The first-order valence-electron chi connectivity index (χ1n) is 12.9. The first kappa shape index (κ1) is 24.7. The normalized spacial score (nSPS) is 27.6. The molecule has 2 bridgehead atoms. The molecular formula is C25H36N4O5S. The summed E-state index contributed by atoms with van der Waals surface area (Å²) in [4.78, 5) is 26.8. The van der Waals surface area contributed by atoms with Crippen LogP contribution in [0.5, 0.6) is 0 Å². The van der Waals surface area contributed by atoms with E-state index in [0.29, 0.717) is 24.8 Å². The number of hydrogen-bond donors (Lipinski definition) is 3. The zero-order valence-corrected chi connectivity index (χ0v) is 20.9. The van der Waals surface area contributed by atoms with Crippen molar-refractivity contribution >= 4 is 27.5 Å². The molecule has 0 unspecified atom stereocenters. The molecule has 10 heteroatoms. The number of piperidine rings is 2. The molecule has 0 aliphatic carbocycles. The van der Waals surface area contributed by atoms with Crippen LogP contribution in [0.25, 0.3) is 0 Å². The maximum absolute atomic E-state index is 13.4. The number of aliphatic hydroxyl groups excluding tert-OH is 1. The van der Waals surface area contributed by atoms with Gasteiger partial charge >= 0.3 is 0 Å². The van der Waals surface area contributed by atoms with Crippen LogP contribution in [0.15, 0.2) is 18.2 Å². The minimum absolute atomic E-state index is 0.0458. The van der Waals surface area contributed by atoms with Crippen molar-refractivity contribution in [2.75, 3.05) is 37.3 Å². The van der Waals surface area contributed by atoms with Crippen LogP contribution >= 0.6 is 0 Å². The molecule has 4 heterocycles. The zero-order chi connectivity index (χ0) is 24.6. The van der Waals surface area contributed by atoms with Gasteiger partial charge in [-0.25, -0.2) is 8.42 Å². The third kappa shape index (κ3) is 5.40. The van der Waals surface area contributed by atoms with Crippen molar-refractivity contribution in [1.82, 2.24) is 14.5 Å². The molecular weight excluding hydrogens is 468 g/mol. The second kappa shape index (κ2) is 10.2. The Morgan fingerprint density at radius 2 is 1.83 bits per heavy atom. The summed E-state index contributed by atoms with van der Waals surface area (Å²) >= 11 is 0. The van der Waals surface area contributed by atoms with E-state index in [4.69, 9.17) is 5.11 Å². The third-order valence-electron chi connectivity index (χ3n) is 8.10. The molecule has 0 aromatic heterocycles. The zero-order valence-electron chi connectivity index (χ0n) is 20.1. The highest BCUT2D eigenvalue weighted by atomic mass is 32.2. The highest BCUT2D eigenvalue weighted by molar-refractivity contribution is 7.89. The van der Waals surface area contributed by atoms with E-state index in [2.05, 4.69) is 15.5 Å². The largest absolute Gasteiger partial charge is 0.396 e. The second-order valence-corrected chi connectivity index (χ2v) is 12.5. The average molecular weight is 505 g/mol. The number of hydrogen-bond acceptors (Lipinski definition) is 6. The third-order valence-corrected chi connectivity index (χ3v) is 10.2. The van der Waals surface area contributed by atoms with Gasteiger partial charge in [-0.05, 0) is 87.7 Å². The minimum atomic E-state index is -3.35. The Bertz CT molecular complexity index is 1060. The number of sulfonamides is 1. The smallest absolute Gasteiger partial charge is 0.251 e. The molecule has 5 rings (SSSR count). The number of nitrogens with zero attached hydrogens (tertiary/aromatic N) is 2. The number of rotatable bonds is 8. The first-order chi connectivity index (χ1) is 16.8. The van der Waals surface area contributed by atoms with E-state index in [1.165, 1.54) is 0 Å². The number of carbonyl (C=O) groups excluding carboxylic acids is 2. The molecule has 9 nitrogen and oxygen atoms in total. The molecule has 1 aromatic rings. The van der Waals surface area contributed by atoms with E-state index < -0.39 is 10.0 Å². The molecule has 35 heavy (non-hydrogen) atoms. The summed E-state index contributed by atoms with van der Waals surface area (Å²) in [5.41, 5.74) is 2.13. The number of nitrogens with one attached hydrogen (secondary N) is 2. The number of benzene rings is 1. The summed E-state index contributed by atoms with van der Waals surface area (Å²) in [5, 5.41) is 14.9. The molecule has 0 radical (unpaired) electrons. The molecule has 3 saturated heterocycles. The maximum atomic E-state index is 13.4. The molecule has 0 spiro atoms. The van der Waals surface area contributed by atoms with Crippen molar-refractivity contribution in [2.45, 2.75) is 69.5 Å². The predicted molar refractivity (Wildman–Crippen MR) is 133 cm³/mol. The van der Waals surface area contributed by atoms with Crippen molar-refractivity contribution in [3.05, 3.63) is 29.3 Å². The minimum Gasteiger partial charge on any atom is -0.396 e. The number of amides is 2. The number of carbonyl (C=O) groups is 2. The molecule has 1 aromatic carbocycles. The molecule has 4 aliphatic heterocycles. The fourth-order valence-electron chi connectivity index (χ4n) is 6.40. The summed E-state index contributed by atoms with van der Waals surface area (Å²) in [5.74, 6) is 0.173. The van der Waals surface area contributed by atoms with Gasteiger partial charge in [-0.2, -0.15) is 4.31 Å². The van der Waals surface area contributed by atoms with E-state index in [-0.39, 0.29) is 48.2 Å². The molecule has 2 amide bonds. The van der Waals surface area contributed by atoms with Crippen LogP contribution in [0.3, 0.4) is 0 Å². The fourth-order valence-corrected chi connectivity index (χ4v) is 8.79. The van der Waals surface area contributed by atoms with Crippen LogP contribution in [0.1, 0.15) is 60.9 Å².